The van der Waals surface area contributed by atoms with Gasteiger partial charge in [0.1, 0.15) is 0 Å². The molecule has 0 N–H and O–H groups in total. The van der Waals surface area contributed by atoms with Crippen molar-refractivity contribution in [3.8, 4) is 0 Å². The van der Waals surface area contributed by atoms with Crippen molar-refractivity contribution >= 4 is 40.2 Å². The molecule has 0 aliphatic carbocycles. The van der Waals surface area contributed by atoms with E-state index in [2.05, 4.69) is 255 Å². The van der Waals surface area contributed by atoms with Crippen molar-refractivity contribution < 1.29 is 0 Å². The van der Waals surface area contributed by atoms with E-state index in [0.29, 0.717) is 0 Å². The lowest BCUT2D eigenvalue weighted by Gasteiger charge is -2.25. The molecule has 0 fully saturated rings. The van der Waals surface area contributed by atoms with Gasteiger partial charge in [-0.3, -0.25) is 0 Å². The van der Waals surface area contributed by atoms with Crippen LogP contribution < -0.4 is 4.90 Å². The van der Waals surface area contributed by atoms with Crippen molar-refractivity contribution in [1.82, 2.24) is 0 Å². The molecule has 0 saturated carbocycles. The first-order valence-electron chi connectivity index (χ1n) is 19.2. The van der Waals surface area contributed by atoms with E-state index >= 15 is 0 Å². The molecule has 0 aliphatic rings. The Morgan fingerprint density at radius 3 is 1.02 bits per heavy atom. The van der Waals surface area contributed by atoms with E-state index < -0.39 is 0 Å². The van der Waals surface area contributed by atoms with Gasteiger partial charge in [-0.25, -0.2) is 0 Å². The number of aryl methyl sites for hydroxylation is 1. The Labute approximate surface area is 331 Å². The summed E-state index contributed by atoms with van der Waals surface area (Å²) in [4.78, 5) is 2.34. The minimum atomic E-state index is 1.08. The van der Waals surface area contributed by atoms with Gasteiger partial charge in [0, 0.05) is 23.1 Å². The van der Waals surface area contributed by atoms with Crippen LogP contribution in [0, 0.1) is 6.92 Å². The van der Waals surface area contributed by atoms with Crippen molar-refractivity contribution in [2.24, 2.45) is 0 Å². The molecule has 8 rings (SSSR count). The van der Waals surface area contributed by atoms with Gasteiger partial charge in [-0.1, -0.05) is 200 Å². The summed E-state index contributed by atoms with van der Waals surface area (Å²) in [5, 5.41) is 0. The third-order valence-corrected chi connectivity index (χ3v) is 10.0. The minimum Gasteiger partial charge on any atom is -0.316 e. The average molecular weight is 718 g/mol. The molecule has 268 valence electrons. The Hall–Kier alpha value is -7.22. The molecule has 0 heterocycles. The summed E-state index contributed by atoms with van der Waals surface area (Å²) in [6, 6.07) is 79.6. The molecule has 0 saturated heterocycles. The fourth-order valence-electron chi connectivity index (χ4n) is 7.20. The normalized spacial score (nSPS) is 10.6. The van der Waals surface area contributed by atoms with Gasteiger partial charge in [0.2, 0.25) is 0 Å². The summed E-state index contributed by atoms with van der Waals surface area (Å²) >= 11 is 0. The molecule has 1 nitrogen and oxygen atoms in total. The summed E-state index contributed by atoms with van der Waals surface area (Å²) in [7, 11) is 0. The van der Waals surface area contributed by atoms with E-state index in [1.807, 2.05) is 0 Å². The maximum absolute atomic E-state index is 2.34. The van der Waals surface area contributed by atoms with Crippen LogP contribution in [0.1, 0.15) is 50.1 Å². The molecular weight excluding hydrogens is 675 g/mol. The third kappa shape index (κ3) is 8.44. The smallest absolute Gasteiger partial charge is 0.0485 e. The predicted molar refractivity (Wildman–Crippen MR) is 239 cm³/mol. The summed E-state index contributed by atoms with van der Waals surface area (Å²) in [6.45, 7) is 2.21. The molecule has 0 radical (unpaired) electrons. The Morgan fingerprint density at radius 1 is 0.339 bits per heavy atom. The number of rotatable bonds is 11. The molecule has 0 aliphatic heterocycles. The summed E-state index contributed by atoms with van der Waals surface area (Å²) in [5.74, 6) is 0. The lowest BCUT2D eigenvalue weighted by Crippen LogP contribution is -2.12. The molecule has 0 aromatic heterocycles. The molecule has 8 aromatic carbocycles. The van der Waals surface area contributed by atoms with Crippen LogP contribution in [-0.2, 0) is 0 Å². The highest BCUT2D eigenvalue weighted by atomic mass is 15.1. The van der Waals surface area contributed by atoms with Crippen LogP contribution in [0.2, 0.25) is 0 Å². The molecule has 0 amide bonds. The molecule has 56 heavy (non-hydrogen) atoms. The zero-order valence-electron chi connectivity index (χ0n) is 31.5. The van der Waals surface area contributed by atoms with Crippen LogP contribution in [0.4, 0.5) is 11.4 Å². The van der Waals surface area contributed by atoms with E-state index in [1.165, 1.54) is 39.0 Å². The average Bonchev–Trinajstić information content (AvgIpc) is 3.27. The number of nitrogens with zero attached hydrogens (tertiary/aromatic N) is 1. The highest BCUT2D eigenvalue weighted by Crippen LogP contribution is 2.36. The fraction of sp³-hybridized carbons (Fsp3) is 0.0182. The monoisotopic (exact) mass is 717 g/mol. The lowest BCUT2D eigenvalue weighted by atomic mass is 9.95. The minimum absolute atomic E-state index is 1.08. The van der Waals surface area contributed by atoms with Crippen molar-refractivity contribution in [2.75, 3.05) is 4.90 Å². The SMILES string of the molecule is Cc1cc(C=C(c2ccccc2)c2ccccc2)ccc1N(C=C(c1ccccc1)c1ccccc1)c1ccc(C=C(c2ccccc2)c2ccccc2)cc1. The van der Waals surface area contributed by atoms with Crippen molar-refractivity contribution in [2.45, 2.75) is 6.92 Å². The third-order valence-electron chi connectivity index (χ3n) is 10.0. The maximum atomic E-state index is 2.34. The van der Waals surface area contributed by atoms with Crippen LogP contribution in [0.3, 0.4) is 0 Å². The van der Waals surface area contributed by atoms with Crippen LogP contribution in [0.25, 0.3) is 28.9 Å². The Balaban J connectivity index is 1.24. The number of hydrogen-bond acceptors (Lipinski definition) is 1. The summed E-state index contributed by atoms with van der Waals surface area (Å²) in [5.41, 5.74) is 16.3. The maximum Gasteiger partial charge on any atom is 0.0485 e. The van der Waals surface area contributed by atoms with E-state index in [4.69, 9.17) is 0 Å². The number of hydrogen-bond donors (Lipinski definition) is 0. The quantitative estimate of drug-likeness (QED) is 0.120. The second kappa shape index (κ2) is 17.3. The molecule has 8 aromatic rings. The zero-order valence-corrected chi connectivity index (χ0v) is 31.5. The molecular formula is C55H43N. The van der Waals surface area contributed by atoms with Crippen LogP contribution in [0.5, 0.6) is 0 Å². The largest absolute Gasteiger partial charge is 0.316 e. The Bertz CT molecular complexity index is 2450. The number of benzene rings is 8. The first-order chi connectivity index (χ1) is 27.7. The van der Waals surface area contributed by atoms with E-state index in [1.54, 1.807) is 0 Å². The van der Waals surface area contributed by atoms with Gasteiger partial charge >= 0.3 is 0 Å². The predicted octanol–water partition coefficient (Wildman–Crippen LogP) is 14.4. The Morgan fingerprint density at radius 2 is 0.661 bits per heavy atom. The van der Waals surface area contributed by atoms with Crippen LogP contribution in [0.15, 0.2) is 231 Å². The summed E-state index contributed by atoms with van der Waals surface area (Å²) < 4.78 is 0. The molecule has 0 bridgehead atoms. The van der Waals surface area contributed by atoms with Gasteiger partial charge < -0.3 is 4.90 Å². The topological polar surface area (TPSA) is 3.24 Å². The van der Waals surface area contributed by atoms with Gasteiger partial charge in [0.25, 0.3) is 0 Å². The molecule has 1 heteroatoms. The highest BCUT2D eigenvalue weighted by Gasteiger charge is 2.15. The second-order valence-corrected chi connectivity index (χ2v) is 13.9. The molecule has 0 unspecified atom stereocenters. The van der Waals surface area contributed by atoms with Crippen molar-refractivity contribution in [3.63, 3.8) is 0 Å². The van der Waals surface area contributed by atoms with Gasteiger partial charge in [-0.05, 0) is 105 Å². The van der Waals surface area contributed by atoms with Gasteiger partial charge in [-0.15, -0.1) is 0 Å². The van der Waals surface area contributed by atoms with E-state index in [-0.39, 0.29) is 0 Å². The van der Waals surface area contributed by atoms with Gasteiger partial charge in [-0.2, -0.15) is 0 Å². The molecule has 0 atom stereocenters. The first-order valence-corrected chi connectivity index (χ1v) is 19.2. The highest BCUT2D eigenvalue weighted by molar-refractivity contribution is 5.93. The van der Waals surface area contributed by atoms with Crippen molar-refractivity contribution in [3.05, 3.63) is 281 Å². The standard InChI is InChI=1S/C55H43N/c1-42-38-44(40-53(47-24-12-4-13-25-47)48-26-14-5-15-27-48)34-37-55(42)56(41-54(49-28-16-6-17-29-49)50-30-18-7-19-31-50)51-35-32-43(33-36-51)39-52(45-20-8-2-9-21-45)46-22-10-3-11-23-46/h2-41H,1H3. The Kier molecular flexibility index (Phi) is 11.0. The first kappa shape index (κ1) is 35.8. The number of anilines is 2. The van der Waals surface area contributed by atoms with Crippen LogP contribution >= 0.6 is 0 Å². The second-order valence-electron chi connectivity index (χ2n) is 13.9. The van der Waals surface area contributed by atoms with E-state index in [9.17, 15) is 0 Å². The van der Waals surface area contributed by atoms with Gasteiger partial charge in [0.05, 0.1) is 0 Å². The van der Waals surface area contributed by atoms with Crippen LogP contribution in [-0.4, -0.2) is 0 Å². The van der Waals surface area contributed by atoms with Gasteiger partial charge in [0.15, 0.2) is 0 Å². The zero-order chi connectivity index (χ0) is 37.9. The van der Waals surface area contributed by atoms with E-state index in [0.717, 1.165) is 39.2 Å². The fourth-order valence-corrected chi connectivity index (χ4v) is 7.20. The van der Waals surface area contributed by atoms with Crippen molar-refractivity contribution in [1.29, 1.82) is 0 Å². The summed E-state index contributed by atoms with van der Waals surface area (Å²) in [6.07, 6.45) is 6.89. The molecule has 0 spiro atoms. The lowest BCUT2D eigenvalue weighted by molar-refractivity contribution is 1.24.